The minimum absolute atomic E-state index is 0.0339. The summed E-state index contributed by atoms with van der Waals surface area (Å²) in [5.74, 6) is 1.78. The third-order valence-corrected chi connectivity index (χ3v) is 5.98. The molecule has 0 radical (unpaired) electrons. The Morgan fingerprint density at radius 2 is 2.03 bits per heavy atom. The maximum Gasteiger partial charge on any atom is 0.231 e. The number of nitrogens with one attached hydrogen (secondary N) is 1. The molecule has 7 heteroatoms. The first kappa shape index (κ1) is 18.4. The van der Waals surface area contributed by atoms with Crippen molar-refractivity contribution in [2.45, 2.75) is 31.8 Å². The van der Waals surface area contributed by atoms with E-state index in [2.05, 4.69) is 27.4 Å². The zero-order valence-electron chi connectivity index (χ0n) is 16.4. The molecule has 7 nitrogen and oxygen atoms in total. The van der Waals surface area contributed by atoms with Gasteiger partial charge in [0, 0.05) is 31.1 Å². The van der Waals surface area contributed by atoms with Crippen molar-refractivity contribution in [2.75, 3.05) is 31.6 Å². The monoisotopic (exact) mass is 394 g/mol. The number of rotatable bonds is 5. The van der Waals surface area contributed by atoms with Crippen LogP contribution in [0.25, 0.3) is 11.0 Å². The van der Waals surface area contributed by atoms with Crippen LogP contribution in [0, 0.1) is 5.92 Å². The van der Waals surface area contributed by atoms with E-state index in [1.165, 1.54) is 0 Å². The number of carbonyl (C=O) groups is 1. The molecule has 2 aliphatic heterocycles. The van der Waals surface area contributed by atoms with E-state index in [0.717, 1.165) is 61.4 Å². The van der Waals surface area contributed by atoms with Gasteiger partial charge in [0.05, 0.1) is 31.3 Å². The molecule has 1 amide bonds. The molecule has 1 unspecified atom stereocenters. The molecule has 152 valence electrons. The van der Waals surface area contributed by atoms with Crippen molar-refractivity contribution in [3.63, 3.8) is 0 Å². The van der Waals surface area contributed by atoms with E-state index in [0.29, 0.717) is 19.3 Å². The minimum atomic E-state index is -0.0518. The fourth-order valence-corrected chi connectivity index (χ4v) is 4.33. The summed E-state index contributed by atoms with van der Waals surface area (Å²) in [6.07, 6.45) is 4.55. The van der Waals surface area contributed by atoms with Gasteiger partial charge >= 0.3 is 0 Å². The van der Waals surface area contributed by atoms with E-state index in [1.54, 1.807) is 6.20 Å². The molecule has 0 aliphatic carbocycles. The molecule has 2 aliphatic rings. The van der Waals surface area contributed by atoms with Crippen molar-refractivity contribution in [3.8, 4) is 0 Å². The molecule has 1 aromatic carbocycles. The Hall–Kier alpha value is -2.64. The summed E-state index contributed by atoms with van der Waals surface area (Å²) < 4.78 is 13.3. The van der Waals surface area contributed by atoms with Gasteiger partial charge in [-0.2, -0.15) is 5.10 Å². The maximum absolute atomic E-state index is 12.4. The molecule has 0 spiro atoms. The van der Waals surface area contributed by atoms with E-state index in [9.17, 15) is 4.79 Å². The molecule has 1 atom stereocenters. The number of fused-ring (bicyclic) bond motifs is 1. The van der Waals surface area contributed by atoms with Crippen molar-refractivity contribution >= 4 is 22.7 Å². The van der Waals surface area contributed by atoms with Gasteiger partial charge in [-0.3, -0.25) is 9.69 Å². The second kappa shape index (κ2) is 8.00. The van der Waals surface area contributed by atoms with Gasteiger partial charge in [0.15, 0.2) is 0 Å². The number of piperidine rings is 1. The highest BCUT2D eigenvalue weighted by molar-refractivity contribution is 5.92. The number of hydrogen-bond acceptors (Lipinski definition) is 5. The van der Waals surface area contributed by atoms with Crippen molar-refractivity contribution < 1.29 is 13.9 Å². The standard InChI is InChI=1S/C22H26N4O3/c27-22(17-8-12-28-15-17)24-21-5-9-23-26(21)18-6-10-25(11-7-18)14-19-13-16-3-1-2-4-20(16)29-19/h1-5,9,13,17-18H,6-8,10-12,14-15H2,(H,24,27). The first-order chi connectivity index (χ1) is 14.3. The predicted octanol–water partition coefficient (Wildman–Crippen LogP) is 3.44. The molecule has 0 saturated carbocycles. The lowest BCUT2D eigenvalue weighted by atomic mass is 10.0. The highest BCUT2D eigenvalue weighted by Gasteiger charge is 2.27. The number of amides is 1. The SMILES string of the molecule is O=C(Nc1ccnn1C1CCN(Cc2cc3ccccc3o2)CC1)C1CCOC1. The maximum atomic E-state index is 12.4. The summed E-state index contributed by atoms with van der Waals surface area (Å²) in [7, 11) is 0. The number of nitrogens with zero attached hydrogens (tertiary/aromatic N) is 3. The van der Waals surface area contributed by atoms with Gasteiger partial charge in [-0.05, 0) is 31.4 Å². The van der Waals surface area contributed by atoms with Gasteiger partial charge in [-0.1, -0.05) is 18.2 Å². The number of anilines is 1. The number of furan rings is 1. The van der Waals surface area contributed by atoms with Crippen LogP contribution in [-0.4, -0.2) is 46.9 Å². The minimum Gasteiger partial charge on any atom is -0.460 e. The van der Waals surface area contributed by atoms with Gasteiger partial charge in [-0.25, -0.2) is 4.68 Å². The number of benzene rings is 1. The van der Waals surface area contributed by atoms with Gasteiger partial charge in [0.1, 0.15) is 17.2 Å². The van der Waals surface area contributed by atoms with E-state index in [4.69, 9.17) is 9.15 Å². The fraction of sp³-hybridized carbons (Fsp3) is 0.455. The Morgan fingerprint density at radius 3 is 2.83 bits per heavy atom. The Morgan fingerprint density at radius 1 is 1.17 bits per heavy atom. The molecule has 2 aromatic heterocycles. The van der Waals surface area contributed by atoms with E-state index < -0.39 is 0 Å². The van der Waals surface area contributed by atoms with Crippen molar-refractivity contribution in [1.82, 2.24) is 14.7 Å². The molecule has 4 heterocycles. The van der Waals surface area contributed by atoms with Crippen LogP contribution in [-0.2, 0) is 16.1 Å². The summed E-state index contributed by atoms with van der Waals surface area (Å²) in [5.41, 5.74) is 0.946. The van der Waals surface area contributed by atoms with Crippen LogP contribution in [0.1, 0.15) is 31.1 Å². The van der Waals surface area contributed by atoms with Crippen LogP contribution in [0.2, 0.25) is 0 Å². The van der Waals surface area contributed by atoms with Crippen LogP contribution >= 0.6 is 0 Å². The second-order valence-corrected chi connectivity index (χ2v) is 7.97. The first-order valence-corrected chi connectivity index (χ1v) is 10.4. The number of para-hydroxylation sites is 1. The Balaban J connectivity index is 1.19. The quantitative estimate of drug-likeness (QED) is 0.718. The van der Waals surface area contributed by atoms with Gasteiger partial charge in [-0.15, -0.1) is 0 Å². The molecular weight excluding hydrogens is 368 g/mol. The molecule has 29 heavy (non-hydrogen) atoms. The smallest absolute Gasteiger partial charge is 0.231 e. The molecule has 5 rings (SSSR count). The molecule has 2 saturated heterocycles. The topological polar surface area (TPSA) is 72.5 Å². The lowest BCUT2D eigenvalue weighted by Crippen LogP contribution is -2.35. The van der Waals surface area contributed by atoms with Crippen LogP contribution in [0.3, 0.4) is 0 Å². The number of carbonyl (C=O) groups excluding carboxylic acids is 1. The van der Waals surface area contributed by atoms with E-state index >= 15 is 0 Å². The van der Waals surface area contributed by atoms with Crippen LogP contribution in [0.15, 0.2) is 47.0 Å². The normalized spacial score (nSPS) is 21.0. The van der Waals surface area contributed by atoms with Crippen LogP contribution in [0.5, 0.6) is 0 Å². The van der Waals surface area contributed by atoms with E-state index in [1.807, 2.05) is 28.9 Å². The zero-order valence-corrected chi connectivity index (χ0v) is 16.4. The lowest BCUT2D eigenvalue weighted by molar-refractivity contribution is -0.119. The number of ether oxygens (including phenoxy) is 1. The van der Waals surface area contributed by atoms with Crippen molar-refractivity contribution in [1.29, 1.82) is 0 Å². The van der Waals surface area contributed by atoms with Gasteiger partial charge < -0.3 is 14.5 Å². The molecule has 3 aromatic rings. The zero-order chi connectivity index (χ0) is 19.6. The van der Waals surface area contributed by atoms with Crippen molar-refractivity contribution in [2.24, 2.45) is 5.92 Å². The summed E-state index contributed by atoms with van der Waals surface area (Å²) in [4.78, 5) is 14.8. The average molecular weight is 394 g/mol. The number of likely N-dealkylation sites (tertiary alicyclic amines) is 1. The summed E-state index contributed by atoms with van der Waals surface area (Å²) >= 11 is 0. The van der Waals surface area contributed by atoms with Crippen molar-refractivity contribution in [3.05, 3.63) is 48.4 Å². The lowest BCUT2D eigenvalue weighted by Gasteiger charge is -2.32. The fourth-order valence-electron chi connectivity index (χ4n) is 4.33. The summed E-state index contributed by atoms with van der Waals surface area (Å²) in [5, 5.41) is 8.69. The summed E-state index contributed by atoms with van der Waals surface area (Å²) in [6, 6.07) is 12.4. The third-order valence-electron chi connectivity index (χ3n) is 5.98. The number of aromatic nitrogens is 2. The second-order valence-electron chi connectivity index (χ2n) is 7.97. The molecular formula is C22H26N4O3. The Bertz CT molecular complexity index is 948. The summed E-state index contributed by atoms with van der Waals surface area (Å²) in [6.45, 7) is 3.96. The third kappa shape index (κ3) is 3.93. The Labute approximate surface area is 169 Å². The first-order valence-electron chi connectivity index (χ1n) is 10.4. The molecule has 1 N–H and O–H groups in total. The number of hydrogen-bond donors (Lipinski definition) is 1. The predicted molar refractivity (Wildman–Crippen MR) is 110 cm³/mol. The highest BCUT2D eigenvalue weighted by atomic mass is 16.5. The van der Waals surface area contributed by atoms with E-state index in [-0.39, 0.29) is 11.8 Å². The Kier molecular flexibility index (Phi) is 5.08. The highest BCUT2D eigenvalue weighted by Crippen LogP contribution is 2.28. The molecule has 2 fully saturated rings. The van der Waals surface area contributed by atoms with Crippen LogP contribution in [0.4, 0.5) is 5.82 Å². The molecule has 0 bridgehead atoms. The van der Waals surface area contributed by atoms with Crippen LogP contribution < -0.4 is 5.32 Å². The largest absolute Gasteiger partial charge is 0.460 e. The average Bonchev–Trinajstić information content (AvgIpc) is 3.49. The van der Waals surface area contributed by atoms with Gasteiger partial charge in [0.25, 0.3) is 0 Å². The van der Waals surface area contributed by atoms with Gasteiger partial charge in [0.2, 0.25) is 5.91 Å².